The van der Waals surface area contributed by atoms with Crippen LogP contribution in [-0.4, -0.2) is 16.2 Å². The largest absolute Gasteiger partial charge is 0.508 e. The van der Waals surface area contributed by atoms with Crippen molar-refractivity contribution in [3.63, 3.8) is 0 Å². The topological polar surface area (TPSA) is 92.8 Å². The highest BCUT2D eigenvalue weighted by atomic mass is 16.5. The van der Waals surface area contributed by atoms with Gasteiger partial charge in [-0.1, -0.05) is 24.3 Å². The molecule has 0 aliphatic rings. The van der Waals surface area contributed by atoms with Gasteiger partial charge >= 0.3 is 5.97 Å². The number of hydrogen-bond donors (Lipinski definition) is 3. The van der Waals surface area contributed by atoms with Crippen molar-refractivity contribution in [2.75, 3.05) is 5.73 Å². The van der Waals surface area contributed by atoms with Crippen LogP contribution in [0.1, 0.15) is 10.4 Å². The summed E-state index contributed by atoms with van der Waals surface area (Å²) in [6.07, 6.45) is 0. The van der Waals surface area contributed by atoms with Gasteiger partial charge in [0, 0.05) is 16.5 Å². The molecule has 0 aliphatic carbocycles. The second-order valence-corrected chi connectivity index (χ2v) is 4.79. The van der Waals surface area contributed by atoms with Gasteiger partial charge in [0.05, 0.1) is 5.56 Å². The SMILES string of the molecule is Nc1ccc(O)cc1C(=O)Oc1cccc2c(O)cccc12. The van der Waals surface area contributed by atoms with Gasteiger partial charge in [-0.15, -0.1) is 0 Å². The normalized spacial score (nSPS) is 10.5. The van der Waals surface area contributed by atoms with Crippen LogP contribution < -0.4 is 10.5 Å². The maximum absolute atomic E-state index is 12.2. The van der Waals surface area contributed by atoms with E-state index in [4.69, 9.17) is 10.5 Å². The first-order valence-corrected chi connectivity index (χ1v) is 6.57. The molecule has 3 aromatic rings. The summed E-state index contributed by atoms with van der Waals surface area (Å²) in [4.78, 5) is 12.2. The molecule has 5 heteroatoms. The summed E-state index contributed by atoms with van der Waals surface area (Å²) in [6, 6.07) is 14.1. The van der Waals surface area contributed by atoms with E-state index in [1.165, 1.54) is 18.2 Å². The molecule has 4 N–H and O–H groups in total. The van der Waals surface area contributed by atoms with Crippen LogP contribution in [0, 0.1) is 0 Å². The molecular formula is C17H13NO4. The van der Waals surface area contributed by atoms with E-state index < -0.39 is 5.97 Å². The van der Waals surface area contributed by atoms with Crippen LogP contribution in [0.3, 0.4) is 0 Å². The Kier molecular flexibility index (Phi) is 3.31. The van der Waals surface area contributed by atoms with Crippen LogP contribution in [-0.2, 0) is 0 Å². The summed E-state index contributed by atoms with van der Waals surface area (Å²) in [7, 11) is 0. The fourth-order valence-electron chi connectivity index (χ4n) is 2.23. The first-order valence-electron chi connectivity index (χ1n) is 6.57. The third-order valence-electron chi connectivity index (χ3n) is 3.32. The van der Waals surface area contributed by atoms with Crippen molar-refractivity contribution in [2.45, 2.75) is 0 Å². The Labute approximate surface area is 126 Å². The van der Waals surface area contributed by atoms with E-state index in [1.807, 2.05) is 0 Å². The molecule has 0 unspecified atom stereocenters. The molecule has 0 heterocycles. The molecule has 0 bridgehead atoms. The van der Waals surface area contributed by atoms with Crippen molar-refractivity contribution in [1.82, 2.24) is 0 Å². The monoisotopic (exact) mass is 295 g/mol. The van der Waals surface area contributed by atoms with E-state index in [0.717, 1.165) is 0 Å². The fourth-order valence-corrected chi connectivity index (χ4v) is 2.23. The molecule has 0 aliphatic heterocycles. The second-order valence-electron chi connectivity index (χ2n) is 4.79. The zero-order valence-corrected chi connectivity index (χ0v) is 11.5. The maximum Gasteiger partial charge on any atom is 0.345 e. The van der Waals surface area contributed by atoms with E-state index in [-0.39, 0.29) is 22.7 Å². The van der Waals surface area contributed by atoms with Crippen molar-refractivity contribution in [1.29, 1.82) is 0 Å². The van der Waals surface area contributed by atoms with Crippen molar-refractivity contribution < 1.29 is 19.7 Å². The minimum Gasteiger partial charge on any atom is -0.508 e. The molecule has 5 nitrogen and oxygen atoms in total. The van der Waals surface area contributed by atoms with Crippen LogP contribution in [0.15, 0.2) is 54.6 Å². The van der Waals surface area contributed by atoms with E-state index >= 15 is 0 Å². The Balaban J connectivity index is 2.01. The van der Waals surface area contributed by atoms with Gasteiger partial charge in [-0.05, 0) is 30.3 Å². The molecule has 3 rings (SSSR count). The van der Waals surface area contributed by atoms with E-state index in [2.05, 4.69) is 0 Å². The number of rotatable bonds is 2. The lowest BCUT2D eigenvalue weighted by atomic mass is 10.1. The molecule has 0 fully saturated rings. The number of phenols is 2. The van der Waals surface area contributed by atoms with Crippen LogP contribution in [0.2, 0.25) is 0 Å². The average molecular weight is 295 g/mol. The van der Waals surface area contributed by atoms with Crippen molar-refractivity contribution in [3.8, 4) is 17.2 Å². The first-order chi connectivity index (χ1) is 10.6. The predicted octanol–water partition coefficient (Wildman–Crippen LogP) is 3.05. The number of anilines is 1. The van der Waals surface area contributed by atoms with Crippen molar-refractivity contribution in [2.24, 2.45) is 0 Å². The van der Waals surface area contributed by atoms with Crippen LogP contribution >= 0.6 is 0 Å². The summed E-state index contributed by atoms with van der Waals surface area (Å²) < 4.78 is 5.36. The van der Waals surface area contributed by atoms with Crippen molar-refractivity contribution >= 4 is 22.4 Å². The van der Waals surface area contributed by atoms with Crippen LogP contribution in [0.5, 0.6) is 17.2 Å². The van der Waals surface area contributed by atoms with Gasteiger partial charge in [-0.3, -0.25) is 0 Å². The number of nitrogens with two attached hydrogens (primary N) is 1. The Bertz CT molecular complexity index is 874. The molecule has 0 saturated heterocycles. The minimum atomic E-state index is -0.677. The number of nitrogen functional groups attached to an aromatic ring is 1. The number of ether oxygens (including phenoxy) is 1. The summed E-state index contributed by atoms with van der Waals surface area (Å²) in [6.45, 7) is 0. The third kappa shape index (κ3) is 2.40. The van der Waals surface area contributed by atoms with Crippen LogP contribution in [0.4, 0.5) is 5.69 Å². The quantitative estimate of drug-likeness (QED) is 0.292. The van der Waals surface area contributed by atoms with Gasteiger partial charge in [0.25, 0.3) is 0 Å². The van der Waals surface area contributed by atoms with E-state index in [9.17, 15) is 15.0 Å². The maximum atomic E-state index is 12.2. The zero-order valence-electron chi connectivity index (χ0n) is 11.5. The zero-order chi connectivity index (χ0) is 15.7. The van der Waals surface area contributed by atoms with Gasteiger partial charge < -0.3 is 20.7 Å². The molecule has 110 valence electrons. The van der Waals surface area contributed by atoms with Gasteiger partial charge in [-0.25, -0.2) is 4.79 Å². The molecule has 0 radical (unpaired) electrons. The molecule has 22 heavy (non-hydrogen) atoms. The molecular weight excluding hydrogens is 282 g/mol. The Morgan fingerprint density at radius 2 is 1.68 bits per heavy atom. The number of carbonyl (C=O) groups is 1. The smallest absolute Gasteiger partial charge is 0.345 e. The van der Waals surface area contributed by atoms with Crippen LogP contribution in [0.25, 0.3) is 10.8 Å². The number of fused-ring (bicyclic) bond motifs is 1. The summed E-state index contributed by atoms with van der Waals surface area (Å²) in [5.74, 6) is -0.339. The second kappa shape index (κ2) is 5.29. The summed E-state index contributed by atoms with van der Waals surface area (Å²) >= 11 is 0. The Hall–Kier alpha value is -3.21. The third-order valence-corrected chi connectivity index (χ3v) is 3.32. The molecule has 0 saturated carbocycles. The van der Waals surface area contributed by atoms with Gasteiger partial charge in [-0.2, -0.15) is 0 Å². The van der Waals surface area contributed by atoms with E-state index in [1.54, 1.807) is 36.4 Å². The first kappa shape index (κ1) is 13.8. The molecule has 0 spiro atoms. The van der Waals surface area contributed by atoms with Crippen molar-refractivity contribution in [3.05, 3.63) is 60.2 Å². The standard InChI is InChI=1S/C17H13NO4/c18-14-8-7-10(19)9-13(14)17(21)22-16-6-2-3-11-12(16)4-1-5-15(11)20/h1-9,19-20H,18H2. The molecule has 0 amide bonds. The highest BCUT2D eigenvalue weighted by Gasteiger charge is 2.15. The van der Waals surface area contributed by atoms with Gasteiger partial charge in [0.15, 0.2) is 0 Å². The lowest BCUT2D eigenvalue weighted by Crippen LogP contribution is -2.11. The summed E-state index contributed by atoms with van der Waals surface area (Å²) in [5.41, 5.74) is 6.02. The number of esters is 1. The lowest BCUT2D eigenvalue weighted by Gasteiger charge is -2.10. The number of hydrogen-bond acceptors (Lipinski definition) is 5. The van der Waals surface area contributed by atoms with Gasteiger partial charge in [0.2, 0.25) is 0 Å². The highest BCUT2D eigenvalue weighted by Crippen LogP contribution is 2.32. The van der Waals surface area contributed by atoms with Gasteiger partial charge in [0.1, 0.15) is 17.2 Å². The Morgan fingerprint density at radius 1 is 0.955 bits per heavy atom. The number of aromatic hydroxyl groups is 2. The molecule has 0 atom stereocenters. The van der Waals surface area contributed by atoms with E-state index in [0.29, 0.717) is 16.5 Å². The molecule has 3 aromatic carbocycles. The lowest BCUT2D eigenvalue weighted by molar-refractivity contribution is 0.0737. The minimum absolute atomic E-state index is 0.0725. The predicted molar refractivity (Wildman–Crippen MR) is 83.1 cm³/mol. The fraction of sp³-hybridized carbons (Fsp3) is 0. The summed E-state index contributed by atoms with van der Waals surface area (Å²) in [5, 5.41) is 20.5. The average Bonchev–Trinajstić information content (AvgIpc) is 2.50. The Morgan fingerprint density at radius 3 is 2.50 bits per heavy atom. The number of carbonyl (C=O) groups excluding carboxylic acids is 1. The number of phenolic OH excluding ortho intramolecular Hbond substituents is 2. The number of benzene rings is 3. The molecule has 0 aromatic heterocycles. The highest BCUT2D eigenvalue weighted by molar-refractivity contribution is 6.00.